The van der Waals surface area contributed by atoms with E-state index in [0.717, 1.165) is 5.69 Å². The molecule has 0 amide bonds. The van der Waals surface area contributed by atoms with Gasteiger partial charge in [0.25, 0.3) is 0 Å². The first-order valence-electron chi connectivity index (χ1n) is 3.64. The van der Waals surface area contributed by atoms with Gasteiger partial charge in [-0.15, -0.1) is 5.10 Å². The van der Waals surface area contributed by atoms with Crippen LogP contribution in [0.5, 0.6) is 0 Å². The molecule has 12 heavy (non-hydrogen) atoms. The van der Waals surface area contributed by atoms with Gasteiger partial charge in [0.1, 0.15) is 6.66 Å². The van der Waals surface area contributed by atoms with Crippen molar-refractivity contribution in [3.05, 3.63) is 17.5 Å². The van der Waals surface area contributed by atoms with Gasteiger partial charge in [0.05, 0.1) is 23.8 Å². The summed E-state index contributed by atoms with van der Waals surface area (Å²) in [5, 5.41) is 4.10. The largest absolute Gasteiger partial charge is 0.294 e. The van der Waals surface area contributed by atoms with Crippen LogP contribution in [0.2, 0.25) is 0 Å². The van der Waals surface area contributed by atoms with E-state index in [9.17, 15) is 4.79 Å². The van der Waals surface area contributed by atoms with Crippen molar-refractivity contribution in [1.29, 1.82) is 0 Å². The van der Waals surface area contributed by atoms with Gasteiger partial charge in [0, 0.05) is 0 Å². The molecule has 0 radical (unpaired) electrons. The Kier molecular flexibility index (Phi) is 2.43. The zero-order valence-corrected chi connectivity index (χ0v) is 8.43. The molecule has 0 aliphatic carbocycles. The minimum absolute atomic E-state index is 0.0654. The summed E-state index contributed by atoms with van der Waals surface area (Å²) in [4.78, 5) is 11.0. The molecule has 4 heteroatoms. The Morgan fingerprint density at radius 2 is 2.33 bits per heavy atom. The maximum Gasteiger partial charge on any atom is 0.223 e. The summed E-state index contributed by atoms with van der Waals surface area (Å²) in [7, 11) is -0.517. The number of nitrogens with zero attached hydrogens (tertiary/aromatic N) is 2. The van der Waals surface area contributed by atoms with Crippen LogP contribution in [0.4, 0.5) is 0 Å². The summed E-state index contributed by atoms with van der Waals surface area (Å²) in [5.41, 5.74) is 1.62. The SMILES string of the molecule is C=[P+](C)n1ncc(C(C)=O)c1C. The minimum Gasteiger partial charge on any atom is -0.294 e. The highest BCUT2D eigenvalue weighted by Crippen LogP contribution is 2.21. The zero-order valence-electron chi connectivity index (χ0n) is 7.53. The van der Waals surface area contributed by atoms with Crippen molar-refractivity contribution in [2.45, 2.75) is 13.8 Å². The molecule has 1 atom stereocenters. The third kappa shape index (κ3) is 1.46. The van der Waals surface area contributed by atoms with Crippen LogP contribution in [0.15, 0.2) is 6.20 Å². The van der Waals surface area contributed by atoms with Crippen LogP contribution in [0, 0.1) is 6.92 Å². The summed E-state index contributed by atoms with van der Waals surface area (Å²) in [6, 6.07) is 0. The van der Waals surface area contributed by atoms with Gasteiger partial charge < -0.3 is 0 Å². The molecular formula is C8H12N2OP+. The fraction of sp³-hybridized carbons (Fsp3) is 0.375. The molecule has 0 spiro atoms. The van der Waals surface area contributed by atoms with E-state index < -0.39 is 7.70 Å². The molecule has 3 nitrogen and oxygen atoms in total. The fourth-order valence-electron chi connectivity index (χ4n) is 1.09. The van der Waals surface area contributed by atoms with Crippen LogP contribution in [0.1, 0.15) is 23.0 Å². The molecular weight excluding hydrogens is 171 g/mol. The highest BCUT2D eigenvalue weighted by molar-refractivity contribution is 7.53. The Hall–Kier alpha value is -0.950. The van der Waals surface area contributed by atoms with Crippen molar-refractivity contribution in [3.8, 4) is 0 Å². The average molecular weight is 183 g/mol. The molecule has 1 heterocycles. The maximum atomic E-state index is 11.0. The van der Waals surface area contributed by atoms with Crippen LogP contribution in [0.3, 0.4) is 0 Å². The summed E-state index contributed by atoms with van der Waals surface area (Å²) in [5.74, 6) is 0.0654. The molecule has 0 aromatic carbocycles. The summed E-state index contributed by atoms with van der Waals surface area (Å²) in [6.45, 7) is 5.45. The van der Waals surface area contributed by atoms with E-state index >= 15 is 0 Å². The molecule has 1 rings (SSSR count). The van der Waals surface area contributed by atoms with Gasteiger partial charge in [0.15, 0.2) is 5.78 Å². The standard InChI is InChI=1S/C8H12N2OP/c1-6-8(7(2)11)5-9-10(6)12(3)4/h5H,3H2,1-2,4H3/q+1. The lowest BCUT2D eigenvalue weighted by Gasteiger charge is -1.92. The number of Topliss-reactive ketones (excluding diaryl/α,β-unsaturated/α-hetero) is 1. The topological polar surface area (TPSA) is 34.9 Å². The van der Waals surface area contributed by atoms with Crippen LogP contribution in [-0.2, 0) is 0 Å². The molecule has 1 aromatic rings. The van der Waals surface area contributed by atoms with E-state index in [1.54, 1.807) is 13.1 Å². The Bertz CT molecular complexity index is 309. The quantitative estimate of drug-likeness (QED) is 0.516. The van der Waals surface area contributed by atoms with Gasteiger partial charge >= 0.3 is 0 Å². The van der Waals surface area contributed by atoms with E-state index in [4.69, 9.17) is 0 Å². The van der Waals surface area contributed by atoms with Gasteiger partial charge in [0.2, 0.25) is 7.70 Å². The second-order valence-corrected chi connectivity index (χ2v) is 4.44. The van der Waals surface area contributed by atoms with Gasteiger partial charge in [-0.3, -0.25) is 4.79 Å². The van der Waals surface area contributed by atoms with Crippen LogP contribution in [-0.4, -0.2) is 28.3 Å². The average Bonchev–Trinajstić information content (AvgIpc) is 2.30. The molecule has 0 bridgehead atoms. The molecule has 0 saturated heterocycles. The van der Waals surface area contributed by atoms with Crippen molar-refractivity contribution in [1.82, 2.24) is 9.55 Å². The zero-order chi connectivity index (χ0) is 9.30. The molecule has 0 saturated carbocycles. The number of hydrogen-bond donors (Lipinski definition) is 0. The first-order valence-corrected chi connectivity index (χ1v) is 5.56. The highest BCUT2D eigenvalue weighted by atomic mass is 31.1. The summed E-state index contributed by atoms with van der Waals surface area (Å²) < 4.78 is 1.81. The van der Waals surface area contributed by atoms with E-state index in [0.29, 0.717) is 5.56 Å². The lowest BCUT2D eigenvalue weighted by atomic mass is 10.2. The number of aromatic nitrogens is 2. The molecule has 0 aliphatic heterocycles. The number of hydrogen-bond acceptors (Lipinski definition) is 2. The van der Waals surface area contributed by atoms with Crippen molar-refractivity contribution in [2.75, 3.05) is 6.66 Å². The Morgan fingerprint density at radius 3 is 2.58 bits per heavy atom. The lowest BCUT2D eigenvalue weighted by molar-refractivity contribution is 0.101. The Labute approximate surface area is 72.8 Å². The highest BCUT2D eigenvalue weighted by Gasteiger charge is 2.14. The predicted octanol–water partition coefficient (Wildman–Crippen LogP) is 1.70. The Morgan fingerprint density at radius 1 is 1.75 bits per heavy atom. The van der Waals surface area contributed by atoms with E-state index in [1.807, 2.05) is 18.0 Å². The minimum atomic E-state index is -0.517. The predicted molar refractivity (Wildman–Crippen MR) is 52.3 cm³/mol. The van der Waals surface area contributed by atoms with Crippen LogP contribution in [0.25, 0.3) is 0 Å². The fourth-order valence-corrected chi connectivity index (χ4v) is 1.94. The molecule has 0 aliphatic rings. The third-order valence-corrected chi connectivity index (χ3v) is 2.74. The van der Waals surface area contributed by atoms with Gasteiger partial charge in [-0.25, -0.2) is 0 Å². The van der Waals surface area contributed by atoms with E-state index in [1.165, 1.54) is 0 Å². The van der Waals surface area contributed by atoms with E-state index in [-0.39, 0.29) is 5.78 Å². The van der Waals surface area contributed by atoms with Crippen molar-refractivity contribution >= 4 is 19.8 Å². The first kappa shape index (κ1) is 9.14. The van der Waals surface area contributed by atoms with Gasteiger partial charge in [-0.2, -0.15) is 0 Å². The molecule has 0 N–H and O–H groups in total. The smallest absolute Gasteiger partial charge is 0.223 e. The first-order chi connectivity index (χ1) is 5.54. The van der Waals surface area contributed by atoms with Gasteiger partial charge in [-0.1, -0.05) is 4.45 Å². The maximum absolute atomic E-state index is 11.0. The lowest BCUT2D eigenvalue weighted by Crippen LogP contribution is -1.96. The molecule has 1 aromatic heterocycles. The molecule has 1 unspecified atom stereocenters. The van der Waals surface area contributed by atoms with Gasteiger partial charge in [-0.05, 0) is 13.8 Å². The molecule has 64 valence electrons. The van der Waals surface area contributed by atoms with Crippen LogP contribution >= 0.6 is 7.70 Å². The number of ketones is 1. The monoisotopic (exact) mass is 183 g/mol. The normalized spacial score (nSPS) is 11.4. The number of rotatable bonds is 2. The van der Waals surface area contributed by atoms with Crippen LogP contribution < -0.4 is 0 Å². The number of carbonyl (C=O) groups excluding carboxylic acids is 1. The second kappa shape index (κ2) is 3.20. The summed E-state index contributed by atoms with van der Waals surface area (Å²) >= 11 is 0. The number of carbonyl (C=O) groups is 1. The van der Waals surface area contributed by atoms with E-state index in [2.05, 4.69) is 11.4 Å². The second-order valence-electron chi connectivity index (χ2n) is 2.75. The van der Waals surface area contributed by atoms with Crippen molar-refractivity contribution in [2.24, 2.45) is 0 Å². The van der Waals surface area contributed by atoms with Crippen molar-refractivity contribution < 1.29 is 4.79 Å². The van der Waals surface area contributed by atoms with Crippen molar-refractivity contribution in [3.63, 3.8) is 0 Å². The molecule has 0 fully saturated rings. The third-order valence-electron chi connectivity index (χ3n) is 1.69. The summed E-state index contributed by atoms with van der Waals surface area (Å²) in [6.07, 6.45) is 5.51. The Balaban J connectivity index is 3.22.